The fourth-order valence-corrected chi connectivity index (χ4v) is 1.68. The Morgan fingerprint density at radius 2 is 2.12 bits per heavy atom. The fraction of sp³-hybridized carbons (Fsp3) is 0.545. The second-order valence-electron chi connectivity index (χ2n) is 4.12. The van der Waals surface area contributed by atoms with Crippen molar-refractivity contribution < 1.29 is 13.2 Å². The monoisotopic (exact) mass is 230 g/mol. The Balaban J connectivity index is 1.81. The van der Waals surface area contributed by atoms with Crippen molar-refractivity contribution in [2.75, 3.05) is 6.54 Å². The molecule has 1 aliphatic carbocycles. The van der Waals surface area contributed by atoms with Crippen molar-refractivity contribution in [3.63, 3.8) is 0 Å². The number of nitrogens with zero attached hydrogens (tertiary/aromatic N) is 1. The summed E-state index contributed by atoms with van der Waals surface area (Å²) in [6.45, 7) is 0.338. The van der Waals surface area contributed by atoms with Crippen LogP contribution in [0.3, 0.4) is 0 Å². The van der Waals surface area contributed by atoms with E-state index in [0.717, 1.165) is 5.56 Å². The first kappa shape index (κ1) is 11.4. The molecule has 0 amide bonds. The van der Waals surface area contributed by atoms with Crippen LogP contribution in [0.4, 0.5) is 13.2 Å². The molecule has 2 nitrogen and oxygen atoms in total. The highest BCUT2D eigenvalue weighted by Gasteiger charge is 2.62. The number of alkyl halides is 3. The van der Waals surface area contributed by atoms with E-state index < -0.39 is 11.7 Å². The van der Waals surface area contributed by atoms with Crippen LogP contribution >= 0.6 is 0 Å². The maximum Gasteiger partial charge on any atom is 0.406 e. The first-order chi connectivity index (χ1) is 7.54. The molecule has 16 heavy (non-hydrogen) atoms. The van der Waals surface area contributed by atoms with Gasteiger partial charge in [-0.1, -0.05) is 6.07 Å². The second kappa shape index (κ2) is 4.05. The number of pyridine rings is 1. The summed E-state index contributed by atoms with van der Waals surface area (Å²) in [7, 11) is 0. The van der Waals surface area contributed by atoms with Crippen LogP contribution in [0.5, 0.6) is 0 Å². The molecule has 0 aromatic carbocycles. The minimum atomic E-state index is -4.12. The Kier molecular flexibility index (Phi) is 2.88. The number of hydrogen-bond donors (Lipinski definition) is 1. The third-order valence-electron chi connectivity index (χ3n) is 2.89. The lowest BCUT2D eigenvalue weighted by Crippen LogP contribution is -2.45. The van der Waals surface area contributed by atoms with E-state index >= 15 is 0 Å². The third kappa shape index (κ3) is 2.35. The largest absolute Gasteiger partial charge is 0.406 e. The van der Waals surface area contributed by atoms with E-state index in [0.29, 0.717) is 13.0 Å². The molecule has 0 aliphatic heterocycles. The van der Waals surface area contributed by atoms with Crippen molar-refractivity contribution in [3.8, 4) is 0 Å². The molecule has 1 aliphatic rings. The topological polar surface area (TPSA) is 24.9 Å². The van der Waals surface area contributed by atoms with Gasteiger partial charge in [0.1, 0.15) is 5.54 Å². The number of rotatable bonds is 4. The Labute approximate surface area is 91.9 Å². The third-order valence-corrected chi connectivity index (χ3v) is 2.89. The number of nitrogens with one attached hydrogen (secondary N) is 1. The van der Waals surface area contributed by atoms with Gasteiger partial charge in [0.05, 0.1) is 0 Å². The predicted molar refractivity (Wildman–Crippen MR) is 54.0 cm³/mol. The average Bonchev–Trinajstić information content (AvgIpc) is 3.00. The molecule has 1 heterocycles. The van der Waals surface area contributed by atoms with Gasteiger partial charge in [0.25, 0.3) is 0 Å². The van der Waals surface area contributed by atoms with Gasteiger partial charge >= 0.3 is 6.18 Å². The molecule has 1 fully saturated rings. The summed E-state index contributed by atoms with van der Waals surface area (Å²) in [5.74, 6) is 0. The van der Waals surface area contributed by atoms with Gasteiger partial charge in [0, 0.05) is 18.9 Å². The van der Waals surface area contributed by atoms with Crippen LogP contribution in [0.15, 0.2) is 24.5 Å². The van der Waals surface area contributed by atoms with E-state index in [4.69, 9.17) is 0 Å². The van der Waals surface area contributed by atoms with Crippen LogP contribution < -0.4 is 5.32 Å². The maximum absolute atomic E-state index is 12.5. The lowest BCUT2D eigenvalue weighted by atomic mass is 10.2. The Morgan fingerprint density at radius 1 is 1.38 bits per heavy atom. The van der Waals surface area contributed by atoms with E-state index in [1.165, 1.54) is 0 Å². The Morgan fingerprint density at radius 3 is 2.62 bits per heavy atom. The zero-order valence-corrected chi connectivity index (χ0v) is 8.72. The number of halogens is 3. The van der Waals surface area contributed by atoms with E-state index in [1.807, 2.05) is 6.07 Å². The quantitative estimate of drug-likeness (QED) is 0.858. The fourth-order valence-electron chi connectivity index (χ4n) is 1.68. The molecule has 2 rings (SSSR count). The summed E-state index contributed by atoms with van der Waals surface area (Å²) in [4.78, 5) is 3.91. The molecule has 5 heteroatoms. The van der Waals surface area contributed by atoms with Gasteiger partial charge in [0.15, 0.2) is 0 Å². The van der Waals surface area contributed by atoms with E-state index in [1.54, 1.807) is 18.5 Å². The Bertz CT molecular complexity index is 344. The predicted octanol–water partition coefficient (Wildman–Crippen LogP) is 2.31. The normalized spacial score (nSPS) is 18.4. The average molecular weight is 230 g/mol. The zero-order chi connectivity index (χ0) is 11.6. The highest BCUT2D eigenvalue weighted by Crippen LogP contribution is 2.48. The summed E-state index contributed by atoms with van der Waals surface area (Å²) >= 11 is 0. The molecule has 1 saturated carbocycles. The van der Waals surface area contributed by atoms with Gasteiger partial charge in [-0.2, -0.15) is 13.2 Å². The molecule has 0 bridgehead atoms. The van der Waals surface area contributed by atoms with E-state index in [-0.39, 0.29) is 12.8 Å². The van der Waals surface area contributed by atoms with Gasteiger partial charge in [0.2, 0.25) is 0 Å². The van der Waals surface area contributed by atoms with Gasteiger partial charge < -0.3 is 5.32 Å². The van der Waals surface area contributed by atoms with Crippen molar-refractivity contribution >= 4 is 0 Å². The van der Waals surface area contributed by atoms with Crippen molar-refractivity contribution in [2.45, 2.75) is 31.0 Å². The van der Waals surface area contributed by atoms with Gasteiger partial charge in [-0.3, -0.25) is 4.98 Å². The molecular weight excluding hydrogens is 217 g/mol. The molecule has 1 N–H and O–H groups in total. The van der Waals surface area contributed by atoms with Crippen molar-refractivity contribution in [1.29, 1.82) is 0 Å². The van der Waals surface area contributed by atoms with Crippen molar-refractivity contribution in [3.05, 3.63) is 30.1 Å². The smallest absolute Gasteiger partial charge is 0.303 e. The van der Waals surface area contributed by atoms with Crippen LogP contribution in [0.2, 0.25) is 0 Å². The lowest BCUT2D eigenvalue weighted by molar-refractivity contribution is -0.165. The molecule has 0 unspecified atom stereocenters. The van der Waals surface area contributed by atoms with Crippen LogP contribution in [0.25, 0.3) is 0 Å². The molecule has 88 valence electrons. The molecule has 1 aromatic heterocycles. The van der Waals surface area contributed by atoms with Crippen LogP contribution in [-0.2, 0) is 6.42 Å². The van der Waals surface area contributed by atoms with Crippen molar-refractivity contribution in [2.24, 2.45) is 0 Å². The minimum absolute atomic E-state index is 0.198. The summed E-state index contributed by atoms with van der Waals surface area (Å²) in [5, 5.41) is 2.61. The lowest BCUT2D eigenvalue weighted by Gasteiger charge is -2.20. The molecular formula is C11H13F3N2. The van der Waals surface area contributed by atoms with E-state index in [9.17, 15) is 13.2 Å². The molecule has 0 spiro atoms. The second-order valence-corrected chi connectivity index (χ2v) is 4.12. The SMILES string of the molecule is FC(F)(F)C1(NCCc2cccnc2)CC1. The van der Waals surface area contributed by atoms with Crippen molar-refractivity contribution in [1.82, 2.24) is 10.3 Å². The molecule has 0 radical (unpaired) electrons. The van der Waals surface area contributed by atoms with Gasteiger partial charge in [-0.15, -0.1) is 0 Å². The van der Waals surface area contributed by atoms with Gasteiger partial charge in [-0.05, 0) is 30.9 Å². The molecule has 0 atom stereocenters. The van der Waals surface area contributed by atoms with Crippen LogP contribution in [0, 0.1) is 0 Å². The number of aromatic nitrogens is 1. The minimum Gasteiger partial charge on any atom is -0.303 e. The van der Waals surface area contributed by atoms with Crippen LogP contribution in [-0.4, -0.2) is 23.2 Å². The first-order valence-corrected chi connectivity index (χ1v) is 5.24. The first-order valence-electron chi connectivity index (χ1n) is 5.24. The highest BCUT2D eigenvalue weighted by molar-refractivity contribution is 5.11. The molecule has 1 aromatic rings. The van der Waals surface area contributed by atoms with E-state index in [2.05, 4.69) is 10.3 Å². The summed E-state index contributed by atoms with van der Waals surface area (Å²) < 4.78 is 37.6. The van der Waals surface area contributed by atoms with Gasteiger partial charge in [-0.25, -0.2) is 0 Å². The summed E-state index contributed by atoms with van der Waals surface area (Å²) in [6.07, 6.45) is 0.171. The zero-order valence-electron chi connectivity index (χ0n) is 8.72. The Hall–Kier alpha value is -1.10. The maximum atomic E-state index is 12.5. The molecule has 0 saturated heterocycles. The summed E-state index contributed by atoms with van der Waals surface area (Å²) in [6, 6.07) is 3.65. The highest BCUT2D eigenvalue weighted by atomic mass is 19.4. The summed E-state index contributed by atoms with van der Waals surface area (Å²) in [5.41, 5.74) is -0.650. The standard InChI is InChI=1S/C11H13F3N2/c12-11(13,14)10(4-5-10)16-7-3-9-2-1-6-15-8-9/h1-2,6,8,16H,3-5,7H2. The number of hydrogen-bond acceptors (Lipinski definition) is 2. The van der Waals surface area contributed by atoms with Crippen LogP contribution in [0.1, 0.15) is 18.4 Å².